The highest BCUT2D eigenvalue weighted by Gasteiger charge is 2.11. The third-order valence-electron chi connectivity index (χ3n) is 2.40. The highest BCUT2D eigenvalue weighted by molar-refractivity contribution is 5.21. The molecule has 2 rings (SSSR count). The second-order valence-electron chi connectivity index (χ2n) is 3.62. The summed E-state index contributed by atoms with van der Waals surface area (Å²) in [6.07, 6.45) is 1.22. The number of nitrogens with zero attached hydrogens (tertiary/aromatic N) is 2. The summed E-state index contributed by atoms with van der Waals surface area (Å²) >= 11 is 0. The average Bonchev–Trinajstić information content (AvgIpc) is 2.78. The summed E-state index contributed by atoms with van der Waals surface area (Å²) in [5.74, 6) is -0.672. The first-order valence-corrected chi connectivity index (χ1v) is 5.10. The SMILES string of the molecule is CC(NCc1ncon1)c1ccc(F)cc1F. The second-order valence-corrected chi connectivity index (χ2v) is 3.62. The maximum atomic E-state index is 13.4. The van der Waals surface area contributed by atoms with Crippen molar-refractivity contribution in [1.29, 1.82) is 0 Å². The Morgan fingerprint density at radius 2 is 2.24 bits per heavy atom. The Labute approximate surface area is 96.6 Å². The molecule has 0 radical (unpaired) electrons. The van der Waals surface area contributed by atoms with Crippen molar-refractivity contribution in [2.45, 2.75) is 19.5 Å². The fourth-order valence-corrected chi connectivity index (χ4v) is 1.48. The van der Waals surface area contributed by atoms with Crippen LogP contribution in [-0.2, 0) is 6.54 Å². The molecule has 0 fully saturated rings. The fourth-order valence-electron chi connectivity index (χ4n) is 1.48. The van der Waals surface area contributed by atoms with Gasteiger partial charge in [0.05, 0.1) is 6.54 Å². The predicted molar refractivity (Wildman–Crippen MR) is 55.9 cm³/mol. The molecule has 0 amide bonds. The van der Waals surface area contributed by atoms with E-state index in [1.165, 1.54) is 18.5 Å². The quantitative estimate of drug-likeness (QED) is 0.888. The Morgan fingerprint density at radius 3 is 2.88 bits per heavy atom. The molecule has 0 saturated carbocycles. The molecule has 1 unspecified atom stereocenters. The second kappa shape index (κ2) is 5.01. The molecule has 1 atom stereocenters. The lowest BCUT2D eigenvalue weighted by Crippen LogP contribution is -2.19. The topological polar surface area (TPSA) is 51.0 Å². The number of benzene rings is 1. The molecule has 0 aliphatic rings. The smallest absolute Gasteiger partial charge is 0.213 e. The molecule has 0 saturated heterocycles. The molecule has 90 valence electrons. The molecule has 0 spiro atoms. The van der Waals surface area contributed by atoms with Crippen LogP contribution < -0.4 is 5.32 Å². The molecule has 0 bridgehead atoms. The van der Waals surface area contributed by atoms with Crippen molar-refractivity contribution >= 4 is 0 Å². The Balaban J connectivity index is 2.01. The lowest BCUT2D eigenvalue weighted by atomic mass is 10.1. The van der Waals surface area contributed by atoms with Gasteiger partial charge >= 0.3 is 0 Å². The molecule has 1 aromatic carbocycles. The van der Waals surface area contributed by atoms with E-state index in [-0.39, 0.29) is 6.04 Å². The zero-order valence-electron chi connectivity index (χ0n) is 9.15. The van der Waals surface area contributed by atoms with E-state index < -0.39 is 11.6 Å². The third kappa shape index (κ3) is 2.85. The molecule has 6 heteroatoms. The van der Waals surface area contributed by atoms with E-state index in [2.05, 4.69) is 20.0 Å². The van der Waals surface area contributed by atoms with Crippen molar-refractivity contribution in [3.63, 3.8) is 0 Å². The van der Waals surface area contributed by atoms with Gasteiger partial charge in [-0.1, -0.05) is 11.2 Å². The van der Waals surface area contributed by atoms with Crippen LogP contribution in [0.3, 0.4) is 0 Å². The van der Waals surface area contributed by atoms with Crippen molar-refractivity contribution in [1.82, 2.24) is 15.5 Å². The van der Waals surface area contributed by atoms with E-state index in [1.54, 1.807) is 6.92 Å². The molecule has 4 nitrogen and oxygen atoms in total. The maximum Gasteiger partial charge on any atom is 0.213 e. The van der Waals surface area contributed by atoms with Crippen LogP contribution in [0.5, 0.6) is 0 Å². The first-order valence-electron chi connectivity index (χ1n) is 5.10. The molecule has 17 heavy (non-hydrogen) atoms. The molecule has 1 N–H and O–H groups in total. The first-order chi connectivity index (χ1) is 8.16. The predicted octanol–water partition coefficient (Wildman–Crippen LogP) is 2.20. The average molecular weight is 239 g/mol. The molecule has 1 aromatic heterocycles. The normalized spacial score (nSPS) is 12.6. The molecule has 0 aliphatic carbocycles. The van der Waals surface area contributed by atoms with Gasteiger partial charge in [-0.3, -0.25) is 0 Å². The Morgan fingerprint density at radius 1 is 1.41 bits per heavy atom. The summed E-state index contributed by atoms with van der Waals surface area (Å²) in [4.78, 5) is 3.82. The van der Waals surface area contributed by atoms with Crippen LogP contribution in [0, 0.1) is 11.6 Å². The molecular weight excluding hydrogens is 228 g/mol. The number of nitrogens with one attached hydrogen (secondary N) is 1. The van der Waals surface area contributed by atoms with Crippen LogP contribution >= 0.6 is 0 Å². The Kier molecular flexibility index (Phi) is 3.43. The van der Waals surface area contributed by atoms with Gasteiger partial charge in [-0.15, -0.1) is 0 Å². The van der Waals surface area contributed by atoms with E-state index in [4.69, 9.17) is 0 Å². The van der Waals surface area contributed by atoms with Crippen LogP contribution in [0.1, 0.15) is 24.4 Å². The standard InChI is InChI=1S/C11H11F2N3O/c1-7(14-5-11-15-6-17-16-11)9-3-2-8(12)4-10(9)13/h2-4,6-7,14H,5H2,1H3. The summed E-state index contributed by atoms with van der Waals surface area (Å²) in [5.41, 5.74) is 0.398. The summed E-state index contributed by atoms with van der Waals surface area (Å²) in [6, 6.07) is 3.24. The van der Waals surface area contributed by atoms with Gasteiger partial charge in [0.15, 0.2) is 5.82 Å². The summed E-state index contributed by atoms with van der Waals surface area (Å²) in [5, 5.41) is 6.63. The summed E-state index contributed by atoms with van der Waals surface area (Å²) in [7, 11) is 0. The molecule has 1 heterocycles. The van der Waals surface area contributed by atoms with E-state index in [1.807, 2.05) is 0 Å². The van der Waals surface area contributed by atoms with Crippen molar-refractivity contribution in [3.8, 4) is 0 Å². The van der Waals surface area contributed by atoms with Crippen LogP contribution in [0.15, 0.2) is 29.1 Å². The minimum absolute atomic E-state index is 0.269. The zero-order chi connectivity index (χ0) is 12.3. The van der Waals surface area contributed by atoms with Crippen molar-refractivity contribution in [2.24, 2.45) is 0 Å². The van der Waals surface area contributed by atoms with Crippen LogP contribution in [-0.4, -0.2) is 10.1 Å². The molecule has 0 aliphatic heterocycles. The van der Waals surface area contributed by atoms with Crippen molar-refractivity contribution in [3.05, 3.63) is 47.6 Å². The monoisotopic (exact) mass is 239 g/mol. The van der Waals surface area contributed by atoms with E-state index in [0.717, 1.165) is 6.07 Å². The van der Waals surface area contributed by atoms with Gasteiger partial charge in [-0.2, -0.15) is 4.98 Å². The van der Waals surface area contributed by atoms with Crippen LogP contribution in [0.25, 0.3) is 0 Å². The zero-order valence-corrected chi connectivity index (χ0v) is 9.15. The maximum absolute atomic E-state index is 13.4. The number of aromatic nitrogens is 2. The van der Waals surface area contributed by atoms with Gasteiger partial charge in [0.25, 0.3) is 0 Å². The van der Waals surface area contributed by atoms with E-state index in [9.17, 15) is 8.78 Å². The van der Waals surface area contributed by atoms with E-state index >= 15 is 0 Å². The number of halogens is 2. The van der Waals surface area contributed by atoms with E-state index in [0.29, 0.717) is 17.9 Å². The summed E-state index contributed by atoms with van der Waals surface area (Å²) in [6.45, 7) is 2.13. The summed E-state index contributed by atoms with van der Waals surface area (Å²) < 4.78 is 30.7. The van der Waals surface area contributed by atoms with Gasteiger partial charge < -0.3 is 9.84 Å². The Hall–Kier alpha value is -1.82. The highest BCUT2D eigenvalue weighted by Crippen LogP contribution is 2.17. The highest BCUT2D eigenvalue weighted by atomic mass is 19.1. The number of rotatable bonds is 4. The largest absolute Gasteiger partial charge is 0.343 e. The lowest BCUT2D eigenvalue weighted by Gasteiger charge is -2.13. The fraction of sp³-hybridized carbons (Fsp3) is 0.273. The molecule has 2 aromatic rings. The van der Waals surface area contributed by atoms with Gasteiger partial charge in [0.2, 0.25) is 6.39 Å². The van der Waals surface area contributed by atoms with Crippen LogP contribution in [0.2, 0.25) is 0 Å². The van der Waals surface area contributed by atoms with Gasteiger partial charge in [-0.25, -0.2) is 8.78 Å². The van der Waals surface area contributed by atoms with Crippen LogP contribution in [0.4, 0.5) is 8.78 Å². The first kappa shape index (κ1) is 11.7. The minimum atomic E-state index is -0.586. The van der Waals surface area contributed by atoms with Gasteiger partial charge in [0, 0.05) is 17.7 Å². The number of hydrogen-bond acceptors (Lipinski definition) is 4. The lowest BCUT2D eigenvalue weighted by molar-refractivity contribution is 0.404. The Bertz CT molecular complexity index is 487. The third-order valence-corrected chi connectivity index (χ3v) is 2.40. The molecular formula is C11H11F2N3O. The van der Waals surface area contributed by atoms with Crippen molar-refractivity contribution < 1.29 is 13.3 Å². The van der Waals surface area contributed by atoms with Gasteiger partial charge in [0.1, 0.15) is 11.6 Å². The minimum Gasteiger partial charge on any atom is -0.343 e. The van der Waals surface area contributed by atoms with Crippen molar-refractivity contribution in [2.75, 3.05) is 0 Å². The number of hydrogen-bond donors (Lipinski definition) is 1. The van der Waals surface area contributed by atoms with Gasteiger partial charge in [-0.05, 0) is 13.0 Å².